The predicted octanol–water partition coefficient (Wildman–Crippen LogP) is 2.75. The first-order valence-corrected chi connectivity index (χ1v) is 5.55. The van der Waals surface area contributed by atoms with Crippen LogP contribution >= 0.6 is 15.9 Å². The molecule has 76 valence electrons. The zero-order chi connectivity index (χ0) is 9.97. The van der Waals surface area contributed by atoms with Gasteiger partial charge >= 0.3 is 0 Å². The lowest BCUT2D eigenvalue weighted by Crippen LogP contribution is -2.12. The molecule has 1 aromatic rings. The quantitative estimate of drug-likeness (QED) is 0.811. The molecule has 1 fully saturated rings. The summed E-state index contributed by atoms with van der Waals surface area (Å²) < 4.78 is 12.1. The lowest BCUT2D eigenvalue weighted by Gasteiger charge is -2.09. The smallest absolute Gasteiger partial charge is 0.162 e. The normalized spacial score (nSPS) is 26.7. The fraction of sp³-hybridized carbons (Fsp3) is 0.455. The van der Waals surface area contributed by atoms with Gasteiger partial charge in [-0.2, -0.15) is 0 Å². The number of ether oxygens (including phenoxy) is 2. The Kier molecular flexibility index (Phi) is 3.21. The molecule has 1 heterocycles. The molecule has 0 aromatic heterocycles. The van der Waals surface area contributed by atoms with Gasteiger partial charge in [-0.15, -0.1) is 0 Å². The van der Waals surface area contributed by atoms with Crippen molar-refractivity contribution >= 4 is 15.9 Å². The van der Waals surface area contributed by atoms with Crippen LogP contribution < -0.4 is 0 Å². The molecule has 0 saturated carbocycles. The minimum absolute atomic E-state index is 0.0637. The van der Waals surface area contributed by atoms with Crippen LogP contribution in [0.4, 0.5) is 0 Å². The van der Waals surface area contributed by atoms with Crippen LogP contribution in [0.2, 0.25) is 0 Å². The third kappa shape index (κ3) is 2.56. The minimum atomic E-state index is -0.0637. The van der Waals surface area contributed by atoms with E-state index in [4.69, 9.17) is 9.47 Å². The molecule has 1 aliphatic rings. The monoisotopic (exact) mass is 256 g/mol. The third-order valence-corrected chi connectivity index (χ3v) is 2.75. The Morgan fingerprint density at radius 1 is 1.36 bits per heavy atom. The molecule has 0 radical (unpaired) electrons. The van der Waals surface area contributed by atoms with Gasteiger partial charge in [0.05, 0.1) is 12.7 Å². The van der Waals surface area contributed by atoms with Gasteiger partial charge in [0.15, 0.2) is 6.29 Å². The standard InChI is InChI=1S/C11H13BrO2/c1-8-7-13-11(14-8)6-9-2-4-10(12)5-3-9/h2-5,8,11H,6-7H2,1H3/t8-,11+/m1/s1. The van der Waals surface area contributed by atoms with Crippen molar-refractivity contribution < 1.29 is 9.47 Å². The minimum Gasteiger partial charge on any atom is -0.350 e. The van der Waals surface area contributed by atoms with Crippen LogP contribution in [0.25, 0.3) is 0 Å². The summed E-state index contributed by atoms with van der Waals surface area (Å²) in [7, 11) is 0. The summed E-state index contributed by atoms with van der Waals surface area (Å²) in [4.78, 5) is 0. The second kappa shape index (κ2) is 4.43. The zero-order valence-corrected chi connectivity index (χ0v) is 9.66. The number of rotatable bonds is 2. The van der Waals surface area contributed by atoms with E-state index in [2.05, 4.69) is 28.1 Å². The van der Waals surface area contributed by atoms with E-state index < -0.39 is 0 Å². The Bertz CT molecular complexity index is 297. The molecule has 0 spiro atoms. The molecular formula is C11H13BrO2. The molecule has 3 heteroatoms. The Labute approximate surface area is 92.3 Å². The lowest BCUT2D eigenvalue weighted by atomic mass is 10.1. The molecule has 14 heavy (non-hydrogen) atoms. The molecule has 0 unspecified atom stereocenters. The van der Waals surface area contributed by atoms with E-state index in [-0.39, 0.29) is 12.4 Å². The van der Waals surface area contributed by atoms with Gasteiger partial charge in [0.1, 0.15) is 0 Å². The van der Waals surface area contributed by atoms with E-state index in [0.717, 1.165) is 10.9 Å². The summed E-state index contributed by atoms with van der Waals surface area (Å²) in [6.45, 7) is 2.74. The number of hydrogen-bond acceptors (Lipinski definition) is 2. The highest BCUT2D eigenvalue weighted by molar-refractivity contribution is 9.10. The average molecular weight is 257 g/mol. The zero-order valence-electron chi connectivity index (χ0n) is 8.07. The fourth-order valence-electron chi connectivity index (χ4n) is 1.50. The van der Waals surface area contributed by atoms with Crippen LogP contribution in [0.3, 0.4) is 0 Å². The van der Waals surface area contributed by atoms with Crippen molar-refractivity contribution in [2.24, 2.45) is 0 Å². The van der Waals surface area contributed by atoms with Crippen molar-refractivity contribution in [1.29, 1.82) is 0 Å². The first-order chi connectivity index (χ1) is 6.74. The van der Waals surface area contributed by atoms with E-state index in [1.807, 2.05) is 19.1 Å². The first kappa shape index (κ1) is 10.1. The fourth-order valence-corrected chi connectivity index (χ4v) is 1.76. The molecular weight excluding hydrogens is 244 g/mol. The largest absolute Gasteiger partial charge is 0.350 e. The van der Waals surface area contributed by atoms with Gasteiger partial charge in [-0.05, 0) is 24.6 Å². The van der Waals surface area contributed by atoms with Crippen molar-refractivity contribution in [2.45, 2.75) is 25.7 Å². The van der Waals surface area contributed by atoms with Crippen LogP contribution in [0.15, 0.2) is 28.7 Å². The summed E-state index contributed by atoms with van der Waals surface area (Å²) in [5.41, 5.74) is 1.24. The van der Waals surface area contributed by atoms with Crippen molar-refractivity contribution in [3.8, 4) is 0 Å². The SMILES string of the molecule is C[C@@H]1CO[C@H](Cc2ccc(Br)cc2)O1. The van der Waals surface area contributed by atoms with Crippen molar-refractivity contribution in [3.05, 3.63) is 34.3 Å². The third-order valence-electron chi connectivity index (χ3n) is 2.22. The first-order valence-electron chi connectivity index (χ1n) is 4.75. The molecule has 0 bridgehead atoms. The maximum Gasteiger partial charge on any atom is 0.162 e. The average Bonchev–Trinajstić information content (AvgIpc) is 2.56. The van der Waals surface area contributed by atoms with Crippen LogP contribution in [-0.2, 0) is 15.9 Å². The summed E-state index contributed by atoms with van der Waals surface area (Å²) in [6, 6.07) is 8.24. The second-order valence-electron chi connectivity index (χ2n) is 3.54. The van der Waals surface area contributed by atoms with Gasteiger partial charge in [0, 0.05) is 10.9 Å². The van der Waals surface area contributed by atoms with Crippen LogP contribution in [0, 0.1) is 0 Å². The molecule has 1 saturated heterocycles. The van der Waals surface area contributed by atoms with E-state index >= 15 is 0 Å². The van der Waals surface area contributed by atoms with Gasteiger partial charge in [0.25, 0.3) is 0 Å². The van der Waals surface area contributed by atoms with Crippen molar-refractivity contribution in [1.82, 2.24) is 0 Å². The van der Waals surface area contributed by atoms with E-state index in [1.165, 1.54) is 5.56 Å². The number of benzene rings is 1. The van der Waals surface area contributed by atoms with E-state index in [1.54, 1.807) is 0 Å². The van der Waals surface area contributed by atoms with Gasteiger partial charge < -0.3 is 9.47 Å². The highest BCUT2D eigenvalue weighted by Crippen LogP contribution is 2.17. The summed E-state index contributed by atoms with van der Waals surface area (Å²) in [5, 5.41) is 0. The molecule has 0 N–H and O–H groups in total. The summed E-state index contributed by atoms with van der Waals surface area (Å²) >= 11 is 3.41. The number of hydrogen-bond donors (Lipinski definition) is 0. The second-order valence-corrected chi connectivity index (χ2v) is 4.46. The number of halogens is 1. The van der Waals surface area contributed by atoms with Gasteiger partial charge in [0.2, 0.25) is 0 Å². The molecule has 0 aliphatic carbocycles. The Morgan fingerprint density at radius 2 is 2.07 bits per heavy atom. The predicted molar refractivity (Wildman–Crippen MR) is 58.1 cm³/mol. The van der Waals surface area contributed by atoms with Crippen LogP contribution in [0.1, 0.15) is 12.5 Å². The van der Waals surface area contributed by atoms with Gasteiger partial charge in [-0.25, -0.2) is 0 Å². The molecule has 0 amide bonds. The molecule has 2 nitrogen and oxygen atoms in total. The summed E-state index contributed by atoms with van der Waals surface area (Å²) in [6.07, 6.45) is 0.999. The van der Waals surface area contributed by atoms with E-state index in [0.29, 0.717) is 6.61 Å². The maximum atomic E-state index is 5.56. The molecule has 1 aromatic carbocycles. The highest BCUT2D eigenvalue weighted by atomic mass is 79.9. The Morgan fingerprint density at radius 3 is 2.64 bits per heavy atom. The Balaban J connectivity index is 1.94. The highest BCUT2D eigenvalue weighted by Gasteiger charge is 2.22. The maximum absolute atomic E-state index is 5.56. The molecule has 2 atom stereocenters. The van der Waals surface area contributed by atoms with Gasteiger partial charge in [-0.3, -0.25) is 0 Å². The lowest BCUT2D eigenvalue weighted by molar-refractivity contribution is -0.0528. The van der Waals surface area contributed by atoms with Crippen LogP contribution in [-0.4, -0.2) is 19.0 Å². The topological polar surface area (TPSA) is 18.5 Å². The van der Waals surface area contributed by atoms with Crippen molar-refractivity contribution in [3.63, 3.8) is 0 Å². The van der Waals surface area contributed by atoms with Crippen molar-refractivity contribution in [2.75, 3.05) is 6.61 Å². The Hall–Kier alpha value is -0.380. The van der Waals surface area contributed by atoms with Gasteiger partial charge in [-0.1, -0.05) is 28.1 Å². The molecule has 1 aliphatic heterocycles. The van der Waals surface area contributed by atoms with Crippen LogP contribution in [0.5, 0.6) is 0 Å². The molecule has 2 rings (SSSR count). The van der Waals surface area contributed by atoms with E-state index in [9.17, 15) is 0 Å². The summed E-state index contributed by atoms with van der Waals surface area (Å²) in [5.74, 6) is 0.